The molecular formula is C53H33N3. The summed E-state index contributed by atoms with van der Waals surface area (Å²) >= 11 is 0. The van der Waals surface area contributed by atoms with Gasteiger partial charge in [0.25, 0.3) is 0 Å². The molecule has 0 atom stereocenters. The number of fused-ring (bicyclic) bond motifs is 13. The first-order chi connectivity index (χ1) is 27.8. The Morgan fingerprint density at radius 1 is 0.339 bits per heavy atom. The maximum Gasteiger partial charge on any atom is 0.162 e. The van der Waals surface area contributed by atoms with Gasteiger partial charge >= 0.3 is 0 Å². The van der Waals surface area contributed by atoms with Crippen molar-refractivity contribution in [1.82, 2.24) is 14.5 Å². The van der Waals surface area contributed by atoms with Gasteiger partial charge in [0.05, 0.1) is 33.5 Å². The first-order valence-electron chi connectivity index (χ1n) is 19.3. The van der Waals surface area contributed by atoms with Crippen LogP contribution < -0.4 is 0 Å². The molecule has 12 rings (SSSR count). The molecule has 0 unspecified atom stereocenters. The lowest BCUT2D eigenvalue weighted by atomic mass is 9.70. The number of benzene rings is 8. The zero-order chi connectivity index (χ0) is 36.8. The molecule has 0 bridgehead atoms. The van der Waals surface area contributed by atoms with Crippen LogP contribution in [0.3, 0.4) is 0 Å². The summed E-state index contributed by atoms with van der Waals surface area (Å²) in [5.74, 6) is 0.690. The van der Waals surface area contributed by atoms with Gasteiger partial charge in [0.15, 0.2) is 5.82 Å². The minimum absolute atomic E-state index is 0.439. The quantitative estimate of drug-likeness (QED) is 0.182. The fourth-order valence-electron chi connectivity index (χ4n) is 9.75. The Morgan fingerprint density at radius 2 is 0.821 bits per heavy atom. The largest absolute Gasteiger partial charge is 0.308 e. The average Bonchev–Trinajstić information content (AvgIpc) is 3.87. The molecule has 0 radical (unpaired) electrons. The van der Waals surface area contributed by atoms with E-state index in [1.54, 1.807) is 0 Å². The van der Waals surface area contributed by atoms with E-state index in [2.05, 4.69) is 193 Å². The second kappa shape index (κ2) is 11.8. The number of aromatic nitrogens is 3. The highest BCUT2D eigenvalue weighted by atomic mass is 15.0. The highest BCUT2D eigenvalue weighted by Crippen LogP contribution is 2.63. The highest BCUT2D eigenvalue weighted by Gasteiger charge is 2.51. The minimum atomic E-state index is -0.439. The van der Waals surface area contributed by atoms with E-state index in [1.807, 2.05) is 12.1 Å². The lowest BCUT2D eigenvalue weighted by Gasteiger charge is -2.30. The molecular weight excluding hydrogens is 679 g/mol. The normalized spacial score (nSPS) is 13.1. The van der Waals surface area contributed by atoms with Crippen LogP contribution in [0.5, 0.6) is 0 Å². The van der Waals surface area contributed by atoms with Crippen LogP contribution in [0.1, 0.15) is 22.3 Å². The third kappa shape index (κ3) is 4.22. The van der Waals surface area contributed by atoms with Crippen LogP contribution in [-0.4, -0.2) is 14.5 Å². The molecule has 0 saturated carbocycles. The Balaban J connectivity index is 1.17. The lowest BCUT2D eigenvalue weighted by molar-refractivity contribution is 0.794. The molecule has 0 amide bonds. The standard InChI is InChI=1S/C53H33N3/c1-3-17-34(18-4-1)47-33-48(35-19-5-2-6-20-35)55-52(54-47)40-25-11-16-30-50(40)56-49-29-15-10-24-39(49)42-31-41-38-23-9-14-28-45(38)53(46(41)32-51(42)56)43-26-12-7-21-36(43)37-22-8-13-27-44(37)53/h1-33H. The van der Waals surface area contributed by atoms with Gasteiger partial charge in [-0.05, 0) is 80.9 Å². The summed E-state index contributed by atoms with van der Waals surface area (Å²) < 4.78 is 2.45. The zero-order valence-corrected chi connectivity index (χ0v) is 30.4. The Kier molecular flexibility index (Phi) is 6.55. The predicted octanol–water partition coefficient (Wildman–Crippen LogP) is 12.9. The second-order valence-electron chi connectivity index (χ2n) is 14.9. The summed E-state index contributed by atoms with van der Waals surface area (Å²) in [6.45, 7) is 0. The van der Waals surface area contributed by atoms with E-state index in [-0.39, 0.29) is 0 Å². The SMILES string of the molecule is c1ccc(-c2cc(-c3ccccc3)nc(-c3ccccc3-n3c4ccccc4c4cc5c(cc43)C3(c4ccccc4-c4ccccc43)c3ccccc3-5)n2)cc1. The number of rotatable bonds is 4. The van der Waals surface area contributed by atoms with Gasteiger partial charge < -0.3 is 4.57 Å². The highest BCUT2D eigenvalue weighted by molar-refractivity contribution is 6.13. The molecule has 0 saturated heterocycles. The predicted molar refractivity (Wildman–Crippen MR) is 229 cm³/mol. The Morgan fingerprint density at radius 3 is 1.43 bits per heavy atom. The van der Waals surface area contributed by atoms with E-state index in [9.17, 15) is 0 Å². The van der Waals surface area contributed by atoms with Crippen LogP contribution in [-0.2, 0) is 5.41 Å². The Labute approximate surface area is 324 Å². The fraction of sp³-hybridized carbons (Fsp3) is 0.0189. The topological polar surface area (TPSA) is 30.7 Å². The van der Waals surface area contributed by atoms with Crippen LogP contribution in [0.15, 0.2) is 200 Å². The molecule has 0 aliphatic heterocycles. The van der Waals surface area contributed by atoms with Crippen molar-refractivity contribution in [3.8, 4) is 61.8 Å². The fourth-order valence-corrected chi connectivity index (χ4v) is 9.75. The van der Waals surface area contributed by atoms with Crippen molar-refractivity contribution in [1.29, 1.82) is 0 Å². The van der Waals surface area contributed by atoms with E-state index < -0.39 is 5.41 Å². The molecule has 0 N–H and O–H groups in total. The number of hydrogen-bond acceptors (Lipinski definition) is 2. The molecule has 1 spiro atoms. The van der Waals surface area contributed by atoms with Crippen LogP contribution in [0.4, 0.5) is 0 Å². The number of nitrogens with zero attached hydrogens (tertiary/aromatic N) is 3. The van der Waals surface area contributed by atoms with Gasteiger partial charge in [-0.1, -0.05) is 164 Å². The number of para-hydroxylation sites is 2. The summed E-state index contributed by atoms with van der Waals surface area (Å²) in [4.78, 5) is 10.6. The molecule has 56 heavy (non-hydrogen) atoms. The van der Waals surface area contributed by atoms with Crippen molar-refractivity contribution >= 4 is 21.8 Å². The molecule has 2 aliphatic carbocycles. The third-order valence-corrected chi connectivity index (χ3v) is 12.0. The molecule has 3 nitrogen and oxygen atoms in total. The molecule has 3 heteroatoms. The van der Waals surface area contributed by atoms with Crippen molar-refractivity contribution in [2.24, 2.45) is 0 Å². The first kappa shape index (κ1) is 31.0. The van der Waals surface area contributed by atoms with E-state index >= 15 is 0 Å². The maximum absolute atomic E-state index is 5.30. The molecule has 260 valence electrons. The summed E-state index contributed by atoms with van der Waals surface area (Å²) in [7, 11) is 0. The van der Waals surface area contributed by atoms with Crippen LogP contribution in [0, 0.1) is 0 Å². The maximum atomic E-state index is 5.30. The van der Waals surface area contributed by atoms with Crippen molar-refractivity contribution in [3.63, 3.8) is 0 Å². The smallest absolute Gasteiger partial charge is 0.162 e. The van der Waals surface area contributed by atoms with Gasteiger partial charge in [-0.2, -0.15) is 0 Å². The molecule has 2 heterocycles. The van der Waals surface area contributed by atoms with Gasteiger partial charge in [0, 0.05) is 27.5 Å². The van der Waals surface area contributed by atoms with Gasteiger partial charge in [-0.3, -0.25) is 0 Å². The third-order valence-electron chi connectivity index (χ3n) is 12.0. The minimum Gasteiger partial charge on any atom is -0.308 e. The molecule has 8 aromatic carbocycles. The van der Waals surface area contributed by atoms with Crippen molar-refractivity contribution < 1.29 is 0 Å². The van der Waals surface area contributed by atoms with Crippen molar-refractivity contribution in [2.75, 3.05) is 0 Å². The van der Waals surface area contributed by atoms with Crippen LogP contribution in [0.2, 0.25) is 0 Å². The van der Waals surface area contributed by atoms with E-state index in [4.69, 9.17) is 9.97 Å². The van der Waals surface area contributed by atoms with Gasteiger partial charge in [-0.15, -0.1) is 0 Å². The summed E-state index contributed by atoms with van der Waals surface area (Å²) in [6.07, 6.45) is 0. The summed E-state index contributed by atoms with van der Waals surface area (Å²) in [6, 6.07) is 72.4. The van der Waals surface area contributed by atoms with E-state index in [0.29, 0.717) is 5.82 Å². The summed E-state index contributed by atoms with van der Waals surface area (Å²) in [5.41, 5.74) is 18.3. The van der Waals surface area contributed by atoms with Gasteiger partial charge in [0.2, 0.25) is 0 Å². The van der Waals surface area contributed by atoms with Crippen molar-refractivity contribution in [2.45, 2.75) is 5.41 Å². The second-order valence-corrected chi connectivity index (χ2v) is 14.9. The lowest BCUT2D eigenvalue weighted by Crippen LogP contribution is -2.25. The van der Waals surface area contributed by atoms with E-state index in [1.165, 1.54) is 55.3 Å². The first-order valence-corrected chi connectivity index (χ1v) is 19.3. The van der Waals surface area contributed by atoms with Crippen LogP contribution >= 0.6 is 0 Å². The van der Waals surface area contributed by atoms with Gasteiger partial charge in [0.1, 0.15) is 0 Å². The molecule has 2 aliphatic rings. The Hall–Kier alpha value is -7.36. The van der Waals surface area contributed by atoms with Gasteiger partial charge in [-0.25, -0.2) is 9.97 Å². The zero-order valence-electron chi connectivity index (χ0n) is 30.4. The van der Waals surface area contributed by atoms with Crippen LogP contribution in [0.25, 0.3) is 83.6 Å². The monoisotopic (exact) mass is 711 g/mol. The van der Waals surface area contributed by atoms with Crippen molar-refractivity contribution in [3.05, 3.63) is 222 Å². The molecule has 10 aromatic rings. The molecule has 2 aromatic heterocycles. The molecule has 0 fully saturated rings. The van der Waals surface area contributed by atoms with E-state index in [0.717, 1.165) is 44.8 Å². The Bertz CT molecular complexity index is 3090. The summed E-state index contributed by atoms with van der Waals surface area (Å²) in [5, 5.41) is 2.44. The number of hydrogen-bond donors (Lipinski definition) is 0. The average molecular weight is 712 g/mol.